The van der Waals surface area contributed by atoms with E-state index in [0.717, 1.165) is 0 Å². The quantitative estimate of drug-likeness (QED) is 0.605. The number of rotatable bonds is 1. The zero-order valence-corrected chi connectivity index (χ0v) is 11.5. The van der Waals surface area contributed by atoms with Crippen LogP contribution in [0.15, 0.2) is 24.5 Å². The van der Waals surface area contributed by atoms with E-state index in [1.54, 1.807) is 26.2 Å². The van der Waals surface area contributed by atoms with Crippen LogP contribution >= 0.6 is 0 Å². The number of carboxylic acid groups (broad SMARTS) is 1. The number of aliphatic carboxylic acids is 1. The Morgan fingerprint density at radius 3 is 2.14 bits per heavy atom. The zero-order chi connectivity index (χ0) is 10.3. The van der Waals surface area contributed by atoms with Gasteiger partial charge in [-0.1, -0.05) is 31.7 Å². The van der Waals surface area contributed by atoms with Crippen LogP contribution in [0.2, 0.25) is 0 Å². The Morgan fingerprint density at radius 2 is 2.07 bits per heavy atom. The molecule has 72 valence electrons. The first kappa shape index (κ1) is 15.7. The molecule has 1 heterocycles. The first-order valence-electron chi connectivity index (χ1n) is 3.79. The van der Waals surface area contributed by atoms with Crippen molar-refractivity contribution < 1.29 is 29.4 Å². The van der Waals surface area contributed by atoms with Crippen molar-refractivity contribution in [2.24, 2.45) is 5.41 Å². The predicted octanol–water partition coefficient (Wildman–Crippen LogP) is 1.81. The number of aromatic nitrogens is 1. The van der Waals surface area contributed by atoms with E-state index < -0.39 is 11.4 Å². The Labute approximate surface area is 97.3 Å². The number of pyridine rings is 1. The summed E-state index contributed by atoms with van der Waals surface area (Å²) in [5, 5.41) is 8.19. The number of carbonyl (C=O) groups is 1. The molecule has 0 amide bonds. The summed E-state index contributed by atoms with van der Waals surface area (Å²) >= 11 is 0. The first-order valence-corrected chi connectivity index (χ1v) is 3.79. The van der Waals surface area contributed by atoms with E-state index in [1.165, 1.54) is 0 Å². The molecule has 3 nitrogen and oxygen atoms in total. The van der Waals surface area contributed by atoms with Crippen molar-refractivity contribution >= 4 is 5.97 Å². The van der Waals surface area contributed by atoms with Gasteiger partial charge in [0.15, 0.2) is 0 Å². The van der Waals surface area contributed by atoms with Gasteiger partial charge in [-0.3, -0.25) is 4.79 Å². The van der Waals surface area contributed by atoms with Crippen LogP contribution in [-0.2, 0) is 24.3 Å². The molecule has 0 radical (unpaired) electrons. The summed E-state index contributed by atoms with van der Waals surface area (Å²) in [6.45, 7) is 6.47. The normalized spacial score (nSPS) is 9.07. The molecule has 0 aliphatic carbocycles. The maximum atomic E-state index is 9.96. The summed E-state index contributed by atoms with van der Waals surface area (Å²) in [4.78, 5) is 13.7. The summed E-state index contributed by atoms with van der Waals surface area (Å²) in [6, 6.07) is 6.43. The maximum absolute atomic E-state index is 9.96. The van der Waals surface area contributed by atoms with Gasteiger partial charge < -0.3 is 17.0 Å². The summed E-state index contributed by atoms with van der Waals surface area (Å²) in [5.41, 5.74) is -0.833. The Morgan fingerprint density at radius 1 is 1.57 bits per heavy atom. The van der Waals surface area contributed by atoms with E-state index in [2.05, 4.69) is 18.0 Å². The molecular formula is C10H13NO2Zn. The molecule has 0 saturated heterocycles. The molecule has 0 aromatic carbocycles. The minimum absolute atomic E-state index is 0. The second kappa shape index (κ2) is 7.63. The van der Waals surface area contributed by atoms with E-state index in [0.29, 0.717) is 0 Å². The topological polar surface area (TPSA) is 50.2 Å². The van der Waals surface area contributed by atoms with Crippen molar-refractivity contribution in [3.8, 4) is 0 Å². The summed E-state index contributed by atoms with van der Waals surface area (Å²) in [5.74, 6) is -0.868. The van der Waals surface area contributed by atoms with Gasteiger partial charge >= 0.3 is 19.5 Å². The molecule has 1 aromatic rings. The molecule has 0 saturated carbocycles. The average Bonchev–Trinajstić information content (AvgIpc) is 2.07. The predicted molar refractivity (Wildman–Crippen MR) is 49.8 cm³/mol. The number of hydrogen-bond acceptors (Lipinski definition) is 2. The minimum atomic E-state index is -0.868. The molecule has 0 spiro atoms. The van der Waals surface area contributed by atoms with Gasteiger partial charge in [-0.15, -0.1) is 0 Å². The van der Waals surface area contributed by atoms with E-state index in [-0.39, 0.29) is 19.5 Å². The maximum Gasteiger partial charge on any atom is 2.00 e. The molecule has 0 aliphatic heterocycles. The van der Waals surface area contributed by atoms with Gasteiger partial charge in [-0.25, -0.2) is 12.1 Å². The van der Waals surface area contributed by atoms with Crippen LogP contribution in [0.5, 0.6) is 0 Å². The fourth-order valence-corrected chi connectivity index (χ4v) is 0.277. The molecule has 0 atom stereocenters. The summed E-state index contributed by atoms with van der Waals surface area (Å²) < 4.78 is 0. The van der Waals surface area contributed by atoms with Crippen LogP contribution in [0.4, 0.5) is 0 Å². The van der Waals surface area contributed by atoms with Crippen molar-refractivity contribution in [2.45, 2.75) is 13.8 Å². The van der Waals surface area contributed by atoms with Crippen molar-refractivity contribution in [3.05, 3.63) is 37.5 Å². The van der Waals surface area contributed by atoms with Crippen LogP contribution in [-0.4, -0.2) is 16.1 Å². The van der Waals surface area contributed by atoms with Gasteiger partial charge in [0.1, 0.15) is 0 Å². The Balaban J connectivity index is 0. The van der Waals surface area contributed by atoms with Crippen molar-refractivity contribution in [2.75, 3.05) is 0 Å². The largest absolute Gasteiger partial charge is 2.00 e. The SMILES string of the molecule is [CH2-]C(C)(C)C(=O)O.[Zn+2].[c-]1cccnc1. The number of nitrogens with zero attached hydrogens (tertiary/aromatic N) is 1. The van der Waals surface area contributed by atoms with Crippen LogP contribution in [0.3, 0.4) is 0 Å². The molecule has 1 N–H and O–H groups in total. The van der Waals surface area contributed by atoms with Gasteiger partial charge in [-0.05, 0) is 0 Å². The van der Waals surface area contributed by atoms with Gasteiger partial charge in [0.2, 0.25) is 0 Å². The molecule has 0 fully saturated rings. The third-order valence-electron chi connectivity index (χ3n) is 1.09. The van der Waals surface area contributed by atoms with E-state index >= 15 is 0 Å². The average molecular weight is 245 g/mol. The third kappa shape index (κ3) is 9.33. The van der Waals surface area contributed by atoms with Gasteiger partial charge in [-0.2, -0.15) is 6.07 Å². The second-order valence-electron chi connectivity index (χ2n) is 3.14. The van der Waals surface area contributed by atoms with Gasteiger partial charge in [0.05, 0.1) is 0 Å². The Hall–Kier alpha value is -0.757. The van der Waals surface area contributed by atoms with Gasteiger partial charge in [0, 0.05) is 0 Å². The fourth-order valence-electron chi connectivity index (χ4n) is 0.277. The van der Waals surface area contributed by atoms with Crippen LogP contribution in [0.1, 0.15) is 13.8 Å². The van der Waals surface area contributed by atoms with Crippen molar-refractivity contribution in [1.29, 1.82) is 0 Å². The molecular weight excluding hydrogens is 232 g/mol. The summed E-state index contributed by atoms with van der Waals surface area (Å²) in [7, 11) is 0. The van der Waals surface area contributed by atoms with Crippen LogP contribution < -0.4 is 0 Å². The van der Waals surface area contributed by atoms with Crippen molar-refractivity contribution in [3.63, 3.8) is 0 Å². The van der Waals surface area contributed by atoms with E-state index in [9.17, 15) is 4.79 Å². The third-order valence-corrected chi connectivity index (χ3v) is 1.09. The molecule has 0 unspecified atom stereocenters. The van der Waals surface area contributed by atoms with E-state index in [1.807, 2.05) is 12.1 Å². The van der Waals surface area contributed by atoms with Crippen LogP contribution in [0, 0.1) is 18.4 Å². The monoisotopic (exact) mass is 243 g/mol. The minimum Gasteiger partial charge on any atom is -0.483 e. The molecule has 1 aromatic heterocycles. The number of hydrogen-bond donors (Lipinski definition) is 1. The second-order valence-corrected chi connectivity index (χ2v) is 3.14. The molecule has 0 aliphatic rings. The Kier molecular flexibility index (Phi) is 8.56. The smallest absolute Gasteiger partial charge is 0.483 e. The zero-order valence-electron chi connectivity index (χ0n) is 8.53. The van der Waals surface area contributed by atoms with E-state index in [4.69, 9.17) is 5.11 Å². The Bertz CT molecular complexity index is 217. The van der Waals surface area contributed by atoms with Crippen LogP contribution in [0.25, 0.3) is 0 Å². The molecule has 4 heteroatoms. The summed E-state index contributed by atoms with van der Waals surface area (Å²) in [6.07, 6.45) is 3.34. The van der Waals surface area contributed by atoms with Crippen molar-refractivity contribution in [1.82, 2.24) is 4.98 Å². The molecule has 1 rings (SSSR count). The van der Waals surface area contributed by atoms with Gasteiger partial charge in [0.25, 0.3) is 5.97 Å². The first-order chi connectivity index (χ1) is 5.94. The standard InChI is InChI=1S/C5H4N.C5H9O2.Zn/c1-2-4-6-5-3-1;1-5(2,3)4(6)7;/h1-2,4-5H;1H2,2-3H3,(H,6,7);/q2*-1;+2. The fraction of sp³-hybridized carbons (Fsp3) is 0.300. The number of carboxylic acids is 1. The molecule has 14 heavy (non-hydrogen) atoms. The molecule has 0 bridgehead atoms.